The summed E-state index contributed by atoms with van der Waals surface area (Å²) in [6.07, 6.45) is 8.94. The quantitative estimate of drug-likeness (QED) is 0.724. The number of carbonyl (C=O) groups is 1. The molecule has 0 spiro atoms. The summed E-state index contributed by atoms with van der Waals surface area (Å²) >= 11 is 0. The van der Waals surface area contributed by atoms with Crippen LogP contribution in [0.25, 0.3) is 0 Å². The number of aryl methyl sites for hydroxylation is 1. The second-order valence-electron chi connectivity index (χ2n) is 4.17. The predicted octanol–water partition coefficient (Wildman–Crippen LogP) is 3.33. The van der Waals surface area contributed by atoms with Gasteiger partial charge in [-0.2, -0.15) is 0 Å². The largest absolute Gasteiger partial charge is 0.287 e. The van der Waals surface area contributed by atoms with Crippen LogP contribution in [0.2, 0.25) is 0 Å². The first-order chi connectivity index (χ1) is 7.83. The Balaban J connectivity index is 2.29. The van der Waals surface area contributed by atoms with Gasteiger partial charge in [0.2, 0.25) is 5.78 Å². The molecule has 0 fully saturated rings. The third-order valence-electron chi connectivity index (χ3n) is 3.07. The summed E-state index contributed by atoms with van der Waals surface area (Å²) < 4.78 is 0. The summed E-state index contributed by atoms with van der Waals surface area (Å²) in [4.78, 5) is 16.5. The monoisotopic (exact) mass is 215 g/mol. The Morgan fingerprint density at radius 2 is 2.31 bits per heavy atom. The number of nitrogens with zero attached hydrogens (tertiary/aromatic N) is 1. The van der Waals surface area contributed by atoms with E-state index in [9.17, 15) is 4.79 Å². The molecule has 0 bridgehead atoms. The molecular formula is C14H17NO. The lowest BCUT2D eigenvalue weighted by Crippen LogP contribution is -2.11. The van der Waals surface area contributed by atoms with Crippen molar-refractivity contribution in [2.24, 2.45) is 0 Å². The van der Waals surface area contributed by atoms with E-state index in [0.29, 0.717) is 5.69 Å². The molecule has 2 heteroatoms. The number of hydrogen-bond donors (Lipinski definition) is 0. The molecule has 1 aliphatic rings. The highest BCUT2D eigenvalue weighted by Crippen LogP contribution is 2.21. The van der Waals surface area contributed by atoms with Crippen LogP contribution >= 0.6 is 0 Å². The zero-order valence-electron chi connectivity index (χ0n) is 9.70. The number of allylic oxidation sites excluding steroid dienone is 2. The molecule has 0 unspecified atom stereocenters. The van der Waals surface area contributed by atoms with Crippen molar-refractivity contribution in [2.45, 2.75) is 39.0 Å². The number of carbonyl (C=O) groups excluding carboxylic acids is 1. The lowest BCUT2D eigenvalue weighted by Gasteiger charge is -2.12. The molecule has 1 aromatic rings. The Kier molecular flexibility index (Phi) is 3.50. The van der Waals surface area contributed by atoms with Crippen molar-refractivity contribution in [3.8, 4) is 0 Å². The molecule has 0 aliphatic heterocycles. The van der Waals surface area contributed by atoms with E-state index in [1.54, 1.807) is 6.20 Å². The van der Waals surface area contributed by atoms with Crippen LogP contribution in [0.3, 0.4) is 0 Å². The Labute approximate surface area is 96.4 Å². The molecule has 1 aromatic heterocycles. The Bertz CT molecular complexity index is 420. The highest BCUT2D eigenvalue weighted by molar-refractivity contribution is 6.08. The van der Waals surface area contributed by atoms with Crippen molar-refractivity contribution >= 4 is 5.78 Å². The maximum Gasteiger partial charge on any atom is 0.207 e. The molecule has 84 valence electrons. The van der Waals surface area contributed by atoms with E-state index in [1.165, 1.54) is 6.42 Å². The van der Waals surface area contributed by atoms with Gasteiger partial charge in [-0.25, -0.2) is 0 Å². The second-order valence-corrected chi connectivity index (χ2v) is 4.17. The molecule has 0 amide bonds. The molecule has 1 aliphatic carbocycles. The standard InChI is InChI=1S/C14H17NO/c1-2-11-9-6-10-15-13(11)14(16)12-7-4-3-5-8-12/h6-7,9-10H,2-5,8H2,1H3. The summed E-state index contributed by atoms with van der Waals surface area (Å²) in [6, 6.07) is 3.88. The van der Waals surface area contributed by atoms with Crippen LogP contribution < -0.4 is 0 Å². The molecule has 0 saturated heterocycles. The summed E-state index contributed by atoms with van der Waals surface area (Å²) in [5.41, 5.74) is 2.66. The van der Waals surface area contributed by atoms with Gasteiger partial charge < -0.3 is 0 Å². The first-order valence-electron chi connectivity index (χ1n) is 6.00. The van der Waals surface area contributed by atoms with Gasteiger partial charge in [0.1, 0.15) is 5.69 Å². The van der Waals surface area contributed by atoms with Crippen LogP contribution in [-0.4, -0.2) is 10.8 Å². The zero-order chi connectivity index (χ0) is 11.4. The van der Waals surface area contributed by atoms with E-state index >= 15 is 0 Å². The topological polar surface area (TPSA) is 30.0 Å². The summed E-state index contributed by atoms with van der Waals surface area (Å²) in [5, 5.41) is 0. The number of rotatable bonds is 3. The van der Waals surface area contributed by atoms with Gasteiger partial charge in [0.05, 0.1) is 0 Å². The fourth-order valence-electron chi connectivity index (χ4n) is 2.12. The Morgan fingerprint density at radius 3 is 3.00 bits per heavy atom. The maximum atomic E-state index is 12.2. The summed E-state index contributed by atoms with van der Waals surface area (Å²) in [5.74, 6) is 0.136. The van der Waals surface area contributed by atoms with E-state index in [2.05, 4.69) is 18.0 Å². The molecule has 0 atom stereocenters. The Morgan fingerprint density at radius 1 is 1.44 bits per heavy atom. The van der Waals surface area contributed by atoms with Gasteiger partial charge >= 0.3 is 0 Å². The van der Waals surface area contributed by atoms with Gasteiger partial charge in [-0.1, -0.05) is 19.1 Å². The Hall–Kier alpha value is -1.44. The number of Topliss-reactive ketones (excluding diaryl/α,β-unsaturated/α-hetero) is 1. The fraction of sp³-hybridized carbons (Fsp3) is 0.429. The molecule has 0 saturated carbocycles. The van der Waals surface area contributed by atoms with Crippen molar-refractivity contribution in [2.75, 3.05) is 0 Å². The van der Waals surface area contributed by atoms with Crippen LogP contribution in [-0.2, 0) is 6.42 Å². The van der Waals surface area contributed by atoms with Crippen molar-refractivity contribution < 1.29 is 4.79 Å². The van der Waals surface area contributed by atoms with E-state index < -0.39 is 0 Å². The van der Waals surface area contributed by atoms with Crippen LogP contribution in [0.4, 0.5) is 0 Å². The van der Waals surface area contributed by atoms with Crippen molar-refractivity contribution in [3.63, 3.8) is 0 Å². The van der Waals surface area contributed by atoms with Gasteiger partial charge in [-0.15, -0.1) is 0 Å². The average molecular weight is 215 g/mol. The van der Waals surface area contributed by atoms with Crippen molar-refractivity contribution in [1.29, 1.82) is 0 Å². The summed E-state index contributed by atoms with van der Waals surface area (Å²) in [7, 11) is 0. The smallest absolute Gasteiger partial charge is 0.207 e. The zero-order valence-corrected chi connectivity index (χ0v) is 9.70. The lowest BCUT2D eigenvalue weighted by atomic mass is 9.93. The molecule has 0 radical (unpaired) electrons. The molecule has 16 heavy (non-hydrogen) atoms. The van der Waals surface area contributed by atoms with Crippen LogP contribution in [0, 0.1) is 0 Å². The maximum absolute atomic E-state index is 12.2. The minimum atomic E-state index is 0.136. The third kappa shape index (κ3) is 2.21. The van der Waals surface area contributed by atoms with E-state index in [0.717, 1.165) is 36.8 Å². The number of hydrogen-bond acceptors (Lipinski definition) is 2. The highest BCUT2D eigenvalue weighted by atomic mass is 16.1. The van der Waals surface area contributed by atoms with Gasteiger partial charge in [0.25, 0.3) is 0 Å². The molecule has 1 heterocycles. The van der Waals surface area contributed by atoms with E-state index in [1.807, 2.05) is 12.1 Å². The summed E-state index contributed by atoms with van der Waals surface area (Å²) in [6.45, 7) is 2.06. The molecular weight excluding hydrogens is 198 g/mol. The van der Waals surface area contributed by atoms with E-state index in [-0.39, 0.29) is 5.78 Å². The normalized spacial score (nSPS) is 15.7. The van der Waals surface area contributed by atoms with Gasteiger partial charge in [0.15, 0.2) is 0 Å². The SMILES string of the molecule is CCc1cccnc1C(=O)C1=CCCCC1. The average Bonchev–Trinajstić information content (AvgIpc) is 2.39. The van der Waals surface area contributed by atoms with Crippen LogP contribution in [0.1, 0.15) is 48.7 Å². The highest BCUT2D eigenvalue weighted by Gasteiger charge is 2.17. The van der Waals surface area contributed by atoms with Gasteiger partial charge in [-0.05, 0) is 49.3 Å². The second kappa shape index (κ2) is 5.06. The first-order valence-corrected chi connectivity index (χ1v) is 6.00. The third-order valence-corrected chi connectivity index (χ3v) is 3.07. The predicted molar refractivity (Wildman–Crippen MR) is 64.5 cm³/mol. The van der Waals surface area contributed by atoms with Crippen molar-refractivity contribution in [1.82, 2.24) is 4.98 Å². The molecule has 0 aromatic carbocycles. The minimum absolute atomic E-state index is 0.136. The van der Waals surface area contributed by atoms with E-state index in [4.69, 9.17) is 0 Å². The minimum Gasteiger partial charge on any atom is -0.287 e. The first kappa shape index (κ1) is 11.1. The van der Waals surface area contributed by atoms with Crippen molar-refractivity contribution in [3.05, 3.63) is 41.2 Å². The molecule has 2 rings (SSSR count). The van der Waals surface area contributed by atoms with Crippen LogP contribution in [0.15, 0.2) is 30.0 Å². The molecule has 2 nitrogen and oxygen atoms in total. The fourth-order valence-corrected chi connectivity index (χ4v) is 2.12. The number of ketones is 1. The van der Waals surface area contributed by atoms with Crippen LogP contribution in [0.5, 0.6) is 0 Å². The number of pyridine rings is 1. The lowest BCUT2D eigenvalue weighted by molar-refractivity contribution is 0.102. The molecule has 0 N–H and O–H groups in total. The van der Waals surface area contributed by atoms with Gasteiger partial charge in [0, 0.05) is 6.20 Å². The number of aromatic nitrogens is 1. The van der Waals surface area contributed by atoms with Gasteiger partial charge in [-0.3, -0.25) is 9.78 Å².